The monoisotopic (exact) mass is 305 g/mol. The van der Waals surface area contributed by atoms with Gasteiger partial charge < -0.3 is 0 Å². The quantitative estimate of drug-likeness (QED) is 0.789. The van der Waals surface area contributed by atoms with Gasteiger partial charge in [0.05, 0.1) is 5.52 Å². The molecule has 23 heavy (non-hydrogen) atoms. The van der Waals surface area contributed by atoms with Crippen LogP contribution in [-0.4, -0.2) is 15.8 Å². The van der Waals surface area contributed by atoms with Crippen molar-refractivity contribution in [1.82, 2.24) is 9.97 Å². The zero-order chi connectivity index (χ0) is 16.2. The number of Topliss-reactive ketones (excluding diaryl/α,β-unsaturated/α-hetero) is 1. The standard InChI is InChI=1S/C20H19N2O.H2/c1-20(2,3)14-6-7-15-13(10-14)11-18-16(21-15)8-9-17(22-18)19(23)12-4-5-12;/h4-5,11,14H,6-7,10H2,1-3H3;1H/t14-;/m0./s1. The van der Waals surface area contributed by atoms with Crippen molar-refractivity contribution in [2.24, 2.45) is 11.3 Å². The molecular formula is C20H21N2O. The van der Waals surface area contributed by atoms with E-state index in [0.29, 0.717) is 28.1 Å². The van der Waals surface area contributed by atoms with Crippen LogP contribution in [0.4, 0.5) is 0 Å². The molecule has 0 aliphatic heterocycles. The van der Waals surface area contributed by atoms with Crippen molar-refractivity contribution in [2.45, 2.75) is 40.0 Å². The van der Waals surface area contributed by atoms with Gasteiger partial charge in [0, 0.05) is 19.1 Å². The molecule has 0 unspecified atom stereocenters. The minimum absolute atomic E-state index is 0. The normalized spacial score (nSPS) is 19.8. The fourth-order valence-corrected chi connectivity index (χ4v) is 3.27. The van der Waals surface area contributed by atoms with Crippen LogP contribution in [-0.2, 0) is 12.8 Å². The first-order chi connectivity index (χ1) is 10.9. The predicted molar refractivity (Wildman–Crippen MR) is 91.0 cm³/mol. The summed E-state index contributed by atoms with van der Waals surface area (Å²) in [6.07, 6.45) is 6.79. The molecule has 2 heterocycles. The lowest BCUT2D eigenvalue weighted by Gasteiger charge is -2.34. The van der Waals surface area contributed by atoms with Crippen molar-refractivity contribution in [3.05, 3.63) is 53.2 Å². The molecule has 3 nitrogen and oxygen atoms in total. The number of aromatic nitrogens is 2. The lowest BCUT2D eigenvalue weighted by atomic mass is 9.71. The number of carbonyl (C=O) groups excluding carboxylic acids is 1. The van der Waals surface area contributed by atoms with E-state index >= 15 is 0 Å². The minimum atomic E-state index is -0.0755. The maximum absolute atomic E-state index is 12.1. The molecule has 0 amide bonds. The van der Waals surface area contributed by atoms with E-state index < -0.39 is 0 Å². The highest BCUT2D eigenvalue weighted by molar-refractivity contribution is 6.13. The lowest BCUT2D eigenvalue weighted by Crippen LogP contribution is -2.27. The Balaban J connectivity index is 0.00000169. The molecule has 3 heteroatoms. The second-order valence-corrected chi connectivity index (χ2v) is 7.60. The van der Waals surface area contributed by atoms with E-state index in [0.717, 1.165) is 24.1 Å². The third kappa shape index (κ3) is 2.63. The van der Waals surface area contributed by atoms with E-state index in [1.165, 1.54) is 12.0 Å². The fourth-order valence-electron chi connectivity index (χ4n) is 3.27. The number of hydrogen-bond acceptors (Lipinski definition) is 3. The number of allylic oxidation sites excluding steroid dienone is 2. The van der Waals surface area contributed by atoms with Gasteiger partial charge in [0.2, 0.25) is 5.78 Å². The summed E-state index contributed by atoms with van der Waals surface area (Å²) in [5, 5.41) is 0. The first-order valence-corrected chi connectivity index (χ1v) is 8.15. The maximum Gasteiger partial charge on any atom is 0.216 e. The number of ketones is 1. The molecular weight excluding hydrogens is 284 g/mol. The Morgan fingerprint density at radius 3 is 2.78 bits per heavy atom. The molecule has 2 aromatic rings. The van der Waals surface area contributed by atoms with Crippen molar-refractivity contribution in [3.63, 3.8) is 0 Å². The number of carbonyl (C=O) groups is 1. The van der Waals surface area contributed by atoms with Gasteiger partial charge in [0.25, 0.3) is 0 Å². The molecule has 1 atom stereocenters. The predicted octanol–water partition coefficient (Wildman–Crippen LogP) is 3.95. The van der Waals surface area contributed by atoms with Gasteiger partial charge in [-0.05, 0) is 54.4 Å². The Morgan fingerprint density at radius 1 is 1.30 bits per heavy atom. The summed E-state index contributed by atoms with van der Waals surface area (Å²) in [7, 11) is 0. The summed E-state index contributed by atoms with van der Waals surface area (Å²) >= 11 is 0. The molecule has 0 spiro atoms. The summed E-state index contributed by atoms with van der Waals surface area (Å²) < 4.78 is 0. The van der Waals surface area contributed by atoms with E-state index in [1.54, 1.807) is 12.5 Å². The fraction of sp³-hybridized carbons (Fsp3) is 0.400. The van der Waals surface area contributed by atoms with Gasteiger partial charge in [-0.15, -0.1) is 0 Å². The summed E-state index contributed by atoms with van der Waals surface area (Å²) in [5.41, 5.74) is 5.23. The summed E-state index contributed by atoms with van der Waals surface area (Å²) in [5.74, 6) is 0.578. The van der Waals surface area contributed by atoms with Crippen LogP contribution in [0.3, 0.4) is 0 Å². The third-order valence-electron chi connectivity index (χ3n) is 4.93. The molecule has 0 saturated heterocycles. The second-order valence-electron chi connectivity index (χ2n) is 7.60. The minimum Gasteiger partial charge on any atom is -0.286 e. The smallest absolute Gasteiger partial charge is 0.216 e. The number of fused-ring (bicyclic) bond motifs is 2. The Kier molecular flexibility index (Phi) is 3.06. The molecule has 117 valence electrons. The average molecular weight is 305 g/mol. The van der Waals surface area contributed by atoms with Crippen molar-refractivity contribution in [2.75, 3.05) is 0 Å². The van der Waals surface area contributed by atoms with Gasteiger partial charge >= 0.3 is 0 Å². The van der Waals surface area contributed by atoms with Crippen molar-refractivity contribution in [1.29, 1.82) is 0 Å². The Bertz CT molecular complexity index is 849. The average Bonchev–Trinajstić information content (AvgIpc) is 3.35. The van der Waals surface area contributed by atoms with Crippen LogP contribution in [0.5, 0.6) is 0 Å². The number of pyridine rings is 1. The molecule has 0 aromatic carbocycles. The van der Waals surface area contributed by atoms with Gasteiger partial charge in [-0.1, -0.05) is 26.8 Å². The van der Waals surface area contributed by atoms with Crippen LogP contribution < -0.4 is 0 Å². The maximum atomic E-state index is 12.1. The Morgan fingerprint density at radius 2 is 2.09 bits per heavy atom. The van der Waals surface area contributed by atoms with E-state index in [2.05, 4.69) is 44.0 Å². The SMILES string of the molecule is CC(C)(C)[C@H]1CCc2nc3c#cc(C(=O)C4=C[CH]4)nc3cc2C1.[HH]. The number of nitrogens with zero attached hydrogens (tertiary/aromatic N) is 2. The largest absolute Gasteiger partial charge is 0.286 e. The molecule has 4 rings (SSSR count). The zero-order valence-electron chi connectivity index (χ0n) is 13.7. The summed E-state index contributed by atoms with van der Waals surface area (Å²) in [4.78, 5) is 21.3. The number of aryl methyl sites for hydroxylation is 1. The highest BCUT2D eigenvalue weighted by atomic mass is 16.1. The van der Waals surface area contributed by atoms with Crippen molar-refractivity contribution >= 4 is 16.8 Å². The number of rotatable bonds is 2. The van der Waals surface area contributed by atoms with Gasteiger partial charge in [-0.3, -0.25) is 4.79 Å². The van der Waals surface area contributed by atoms with Crippen LogP contribution >= 0.6 is 0 Å². The molecule has 0 saturated carbocycles. The molecule has 2 aliphatic carbocycles. The van der Waals surface area contributed by atoms with Gasteiger partial charge in [-0.25, -0.2) is 9.97 Å². The van der Waals surface area contributed by atoms with Crippen LogP contribution in [0.25, 0.3) is 11.0 Å². The van der Waals surface area contributed by atoms with Crippen molar-refractivity contribution < 1.29 is 6.22 Å². The van der Waals surface area contributed by atoms with Crippen LogP contribution in [0, 0.1) is 29.9 Å². The van der Waals surface area contributed by atoms with E-state index in [9.17, 15) is 4.79 Å². The summed E-state index contributed by atoms with van der Waals surface area (Å²) in [6.45, 7) is 6.90. The highest BCUT2D eigenvalue weighted by Crippen LogP contribution is 2.37. The Labute approximate surface area is 138 Å². The van der Waals surface area contributed by atoms with E-state index in [4.69, 9.17) is 4.98 Å². The van der Waals surface area contributed by atoms with E-state index in [-0.39, 0.29) is 7.21 Å². The zero-order valence-corrected chi connectivity index (χ0v) is 13.7. The van der Waals surface area contributed by atoms with Gasteiger partial charge in [0.1, 0.15) is 5.52 Å². The molecule has 2 aliphatic rings. The molecule has 0 bridgehead atoms. The van der Waals surface area contributed by atoms with E-state index in [1.807, 2.05) is 0 Å². The van der Waals surface area contributed by atoms with Gasteiger partial charge in [-0.2, -0.15) is 0 Å². The molecule has 0 fully saturated rings. The molecule has 2 aromatic heterocycles. The van der Waals surface area contributed by atoms with Crippen LogP contribution in [0.15, 0.2) is 17.7 Å². The molecule has 1 radical (unpaired) electrons. The third-order valence-corrected chi connectivity index (χ3v) is 4.93. The molecule has 0 N–H and O–H groups in total. The first-order valence-electron chi connectivity index (χ1n) is 8.15. The summed E-state index contributed by atoms with van der Waals surface area (Å²) in [6, 6.07) is 7.98. The van der Waals surface area contributed by atoms with Crippen LogP contribution in [0.2, 0.25) is 0 Å². The number of hydrogen-bond donors (Lipinski definition) is 0. The first kappa shape index (κ1) is 14.4. The lowest BCUT2D eigenvalue weighted by molar-refractivity contribution is 0.103. The van der Waals surface area contributed by atoms with Crippen molar-refractivity contribution in [3.8, 4) is 0 Å². The van der Waals surface area contributed by atoms with Gasteiger partial charge in [0.15, 0.2) is 5.69 Å². The Hall–Kier alpha value is -2.21. The van der Waals surface area contributed by atoms with Crippen LogP contribution in [0.1, 0.15) is 50.4 Å². The topological polar surface area (TPSA) is 42.9 Å². The highest BCUT2D eigenvalue weighted by Gasteiger charge is 2.29. The second kappa shape index (κ2) is 4.89.